The zero-order chi connectivity index (χ0) is 22.1. The molecule has 3 nitrogen and oxygen atoms in total. The number of nitrogens with one attached hydrogen (secondary N) is 1. The predicted molar refractivity (Wildman–Crippen MR) is 132 cm³/mol. The Kier molecular flexibility index (Phi) is 5.22. The summed E-state index contributed by atoms with van der Waals surface area (Å²) < 4.78 is 0. The van der Waals surface area contributed by atoms with Gasteiger partial charge in [-0.25, -0.2) is 0 Å². The summed E-state index contributed by atoms with van der Waals surface area (Å²) in [4.78, 5) is 16.5. The van der Waals surface area contributed by atoms with Crippen LogP contribution < -0.4 is 5.32 Å². The van der Waals surface area contributed by atoms with Gasteiger partial charge in [-0.1, -0.05) is 32.0 Å². The van der Waals surface area contributed by atoms with E-state index in [1.165, 1.54) is 56.3 Å². The topological polar surface area (TPSA) is 32.3 Å². The zero-order valence-electron chi connectivity index (χ0n) is 20.1. The fraction of sp³-hybridized carbons (Fsp3) is 0.750. The van der Waals surface area contributed by atoms with E-state index in [-0.39, 0.29) is 5.41 Å². The van der Waals surface area contributed by atoms with Gasteiger partial charge >= 0.3 is 0 Å². The number of carbonyl (C=O) groups excluding carboxylic acids is 1. The van der Waals surface area contributed by atoms with Crippen molar-refractivity contribution in [2.24, 2.45) is 28.6 Å². The van der Waals surface area contributed by atoms with Gasteiger partial charge < -0.3 is 10.2 Å². The van der Waals surface area contributed by atoms with Crippen molar-refractivity contribution in [1.29, 1.82) is 0 Å². The molecule has 3 unspecified atom stereocenters. The van der Waals surface area contributed by atoms with E-state index >= 15 is 0 Å². The van der Waals surface area contributed by atoms with Crippen LogP contribution in [0.3, 0.4) is 0 Å². The number of carbonyl (C=O) groups is 1. The summed E-state index contributed by atoms with van der Waals surface area (Å²) in [6.07, 6.45) is 11.5. The number of nitrogens with zero attached hydrogens (tertiary/aromatic N) is 1. The molecule has 1 amide bonds. The first-order chi connectivity index (χ1) is 15.4. The molecule has 1 N–H and O–H groups in total. The first kappa shape index (κ1) is 21.5. The molecule has 174 valence electrons. The van der Waals surface area contributed by atoms with Crippen molar-refractivity contribution in [2.75, 3.05) is 7.05 Å². The Morgan fingerprint density at radius 3 is 2.50 bits per heavy atom. The van der Waals surface area contributed by atoms with Gasteiger partial charge in [0.05, 0.1) is 0 Å². The van der Waals surface area contributed by atoms with Crippen LogP contribution in [0.2, 0.25) is 0 Å². The van der Waals surface area contributed by atoms with Crippen molar-refractivity contribution < 1.29 is 4.79 Å². The third-order valence-electron chi connectivity index (χ3n) is 10.7. The molecular weight excluding hydrogens is 412 g/mol. The van der Waals surface area contributed by atoms with Crippen LogP contribution in [0.5, 0.6) is 0 Å². The minimum atomic E-state index is 0.204. The van der Waals surface area contributed by atoms with Crippen molar-refractivity contribution in [3.63, 3.8) is 0 Å². The van der Waals surface area contributed by atoms with Gasteiger partial charge in [0.2, 0.25) is 5.91 Å². The van der Waals surface area contributed by atoms with Gasteiger partial charge in [0.25, 0.3) is 0 Å². The van der Waals surface area contributed by atoms with E-state index in [4.69, 9.17) is 0 Å². The Balaban J connectivity index is 1.31. The summed E-state index contributed by atoms with van der Waals surface area (Å²) in [5.41, 5.74) is 0.681. The average Bonchev–Trinajstić information content (AvgIpc) is 3.54. The second-order valence-corrected chi connectivity index (χ2v) is 13.4. The highest BCUT2D eigenvalue weighted by molar-refractivity contribution is 8.00. The quantitative estimate of drug-likeness (QED) is 0.632. The average molecular weight is 453 g/mol. The molecule has 5 aliphatic rings. The van der Waals surface area contributed by atoms with E-state index in [1.54, 1.807) is 0 Å². The molecular formula is C28H40N2OS. The summed E-state index contributed by atoms with van der Waals surface area (Å²) >= 11 is 1.99. The lowest BCUT2D eigenvalue weighted by Gasteiger charge is -2.64. The highest BCUT2D eigenvalue weighted by atomic mass is 32.2. The molecule has 32 heavy (non-hydrogen) atoms. The Morgan fingerprint density at radius 1 is 0.969 bits per heavy atom. The Bertz CT molecular complexity index is 871. The number of fused-ring (bicyclic) bond motifs is 5. The van der Waals surface area contributed by atoms with Gasteiger partial charge in [-0.15, -0.1) is 11.8 Å². The summed E-state index contributed by atoms with van der Waals surface area (Å²) in [6.45, 7) is 5.21. The summed E-state index contributed by atoms with van der Waals surface area (Å²) in [7, 11) is 2.09. The van der Waals surface area contributed by atoms with Crippen LogP contribution in [0.25, 0.3) is 0 Å². The Labute approximate surface area is 198 Å². The fourth-order valence-electron chi connectivity index (χ4n) is 8.77. The molecule has 1 aromatic carbocycles. The van der Waals surface area contributed by atoms with E-state index in [2.05, 4.69) is 61.4 Å². The SMILES string of the molecule is CN1C(=O)CC(Sc2ccccc2)[C@@]2(C)C1CC[C@@H]1[C@H]2CC[C@]2(C)C(NC3CC3)CC[C@@H]12. The van der Waals surface area contributed by atoms with Crippen LogP contribution in [0, 0.1) is 28.6 Å². The number of piperidine rings is 1. The second-order valence-electron chi connectivity index (χ2n) is 12.1. The summed E-state index contributed by atoms with van der Waals surface area (Å²) in [5.74, 6) is 2.80. The van der Waals surface area contributed by atoms with E-state index in [0.717, 1.165) is 29.8 Å². The number of thioether (sulfide) groups is 1. The first-order valence-corrected chi connectivity index (χ1v) is 14.0. The highest BCUT2D eigenvalue weighted by Crippen LogP contribution is 2.66. The van der Waals surface area contributed by atoms with E-state index in [0.29, 0.717) is 29.0 Å². The molecule has 1 heterocycles. The van der Waals surface area contributed by atoms with Gasteiger partial charge in [0, 0.05) is 47.2 Å². The van der Waals surface area contributed by atoms with Crippen molar-refractivity contribution in [1.82, 2.24) is 10.2 Å². The number of benzene rings is 1. The summed E-state index contributed by atoms with van der Waals surface area (Å²) in [6, 6.07) is 12.8. The predicted octanol–water partition coefficient (Wildman–Crippen LogP) is 5.74. The maximum Gasteiger partial charge on any atom is 0.223 e. The lowest BCUT2D eigenvalue weighted by atomic mass is 9.47. The van der Waals surface area contributed by atoms with Crippen LogP contribution >= 0.6 is 11.8 Å². The minimum absolute atomic E-state index is 0.204. The third-order valence-corrected chi connectivity index (χ3v) is 12.2. The lowest BCUT2D eigenvalue weighted by molar-refractivity contribution is -0.155. The molecule has 8 atom stereocenters. The van der Waals surface area contributed by atoms with Crippen molar-refractivity contribution in [3.05, 3.63) is 30.3 Å². The van der Waals surface area contributed by atoms with Gasteiger partial charge in [0.1, 0.15) is 0 Å². The molecule has 4 heteroatoms. The molecule has 0 aromatic heterocycles. The molecule has 4 saturated carbocycles. The number of hydrogen-bond donors (Lipinski definition) is 1. The van der Waals surface area contributed by atoms with Crippen molar-refractivity contribution in [2.45, 2.75) is 99.9 Å². The van der Waals surface area contributed by atoms with Crippen molar-refractivity contribution in [3.8, 4) is 0 Å². The van der Waals surface area contributed by atoms with E-state index in [1.807, 2.05) is 11.8 Å². The van der Waals surface area contributed by atoms with Gasteiger partial charge in [-0.2, -0.15) is 0 Å². The summed E-state index contributed by atoms with van der Waals surface area (Å²) in [5, 5.41) is 4.44. The van der Waals surface area contributed by atoms with Gasteiger partial charge in [0.15, 0.2) is 0 Å². The number of hydrogen-bond acceptors (Lipinski definition) is 3. The van der Waals surface area contributed by atoms with Crippen LogP contribution in [0.15, 0.2) is 35.2 Å². The standard InChI is InChI=1S/C28H40N2OS/c1-27-16-15-22-20(21(27)12-13-23(27)29-18-9-10-18)11-14-24-28(22,2)25(17-26(31)30(24)3)32-19-7-5-4-6-8-19/h4-8,18,20-25,29H,9-17H2,1-3H3/t20-,21-,22+,23?,24?,25?,27-,28+/m0/s1. The second kappa shape index (κ2) is 7.77. The normalized spacial score (nSPS) is 45.8. The van der Waals surface area contributed by atoms with E-state index < -0.39 is 0 Å². The molecule has 6 rings (SSSR count). The van der Waals surface area contributed by atoms with Crippen LogP contribution in [0.1, 0.15) is 71.6 Å². The maximum absolute atomic E-state index is 13.0. The number of likely N-dealkylation sites (tertiary alicyclic amines) is 1. The fourth-order valence-corrected chi connectivity index (χ4v) is 10.2. The lowest BCUT2D eigenvalue weighted by Crippen LogP contribution is -2.66. The first-order valence-electron chi connectivity index (χ1n) is 13.1. The molecule has 1 saturated heterocycles. The van der Waals surface area contributed by atoms with Gasteiger partial charge in [-0.3, -0.25) is 4.79 Å². The zero-order valence-corrected chi connectivity index (χ0v) is 20.9. The number of rotatable bonds is 4. The molecule has 0 bridgehead atoms. The number of amides is 1. The van der Waals surface area contributed by atoms with E-state index in [9.17, 15) is 4.79 Å². The monoisotopic (exact) mass is 452 g/mol. The molecule has 1 aliphatic heterocycles. The Hall–Kier alpha value is -1.00. The maximum atomic E-state index is 13.0. The molecule has 0 spiro atoms. The van der Waals surface area contributed by atoms with Crippen molar-refractivity contribution >= 4 is 17.7 Å². The third kappa shape index (κ3) is 3.22. The largest absolute Gasteiger partial charge is 0.342 e. The molecule has 4 aliphatic carbocycles. The Morgan fingerprint density at radius 2 is 1.75 bits per heavy atom. The van der Waals surface area contributed by atoms with Crippen LogP contribution in [-0.4, -0.2) is 41.2 Å². The molecule has 5 fully saturated rings. The molecule has 1 aromatic rings. The molecule has 0 radical (unpaired) electrons. The minimum Gasteiger partial charge on any atom is -0.342 e. The van der Waals surface area contributed by atoms with Gasteiger partial charge in [-0.05, 0) is 86.7 Å². The smallest absolute Gasteiger partial charge is 0.223 e. The van der Waals surface area contributed by atoms with Crippen LogP contribution in [0.4, 0.5) is 0 Å². The highest BCUT2D eigenvalue weighted by Gasteiger charge is 2.63. The van der Waals surface area contributed by atoms with Crippen LogP contribution in [-0.2, 0) is 4.79 Å².